The monoisotopic (exact) mass is 460 g/mol. The van der Waals surface area contributed by atoms with Gasteiger partial charge in [0, 0.05) is 41.8 Å². The molecule has 0 aliphatic carbocycles. The van der Waals surface area contributed by atoms with E-state index in [0.717, 1.165) is 19.3 Å². The fraction of sp³-hybridized carbons (Fsp3) is 0.308. The van der Waals surface area contributed by atoms with E-state index in [1.54, 1.807) is 60.9 Å². The van der Waals surface area contributed by atoms with Gasteiger partial charge in [-0.3, -0.25) is 14.6 Å². The zero-order valence-electron chi connectivity index (χ0n) is 19.3. The predicted molar refractivity (Wildman–Crippen MR) is 128 cm³/mol. The normalized spacial score (nSPS) is 17.6. The number of carbonyl (C=O) groups excluding carboxylic acids is 2. The van der Waals surface area contributed by atoms with Crippen molar-refractivity contribution >= 4 is 17.5 Å². The summed E-state index contributed by atoms with van der Waals surface area (Å²) in [6.45, 7) is 4.15. The summed E-state index contributed by atoms with van der Waals surface area (Å²) in [6.07, 6.45) is 7.81. The molecule has 2 aromatic carbocycles. The van der Waals surface area contributed by atoms with Gasteiger partial charge in [0.05, 0.1) is 6.20 Å². The summed E-state index contributed by atoms with van der Waals surface area (Å²) in [5.41, 5.74) is 1.05. The largest absolute Gasteiger partial charge is 0.484 e. The lowest BCUT2D eigenvalue weighted by Gasteiger charge is -2.38. The molecule has 0 bridgehead atoms. The van der Waals surface area contributed by atoms with Crippen LogP contribution in [0.3, 0.4) is 0 Å². The lowest BCUT2D eigenvalue weighted by molar-refractivity contribution is -0.139. The van der Waals surface area contributed by atoms with Crippen LogP contribution in [0.25, 0.3) is 0 Å². The minimum Gasteiger partial charge on any atom is -0.484 e. The van der Waals surface area contributed by atoms with Crippen LogP contribution in [0.2, 0.25) is 0 Å². The van der Waals surface area contributed by atoms with Gasteiger partial charge < -0.3 is 19.7 Å². The minimum atomic E-state index is -0.268. The van der Waals surface area contributed by atoms with Gasteiger partial charge in [-0.2, -0.15) is 0 Å². The van der Waals surface area contributed by atoms with E-state index in [1.165, 1.54) is 6.20 Å². The number of hydrogen-bond donors (Lipinski definition) is 1. The number of ether oxygens (including phenoxy) is 2. The number of amides is 2. The van der Waals surface area contributed by atoms with Crippen molar-refractivity contribution in [3.8, 4) is 17.4 Å². The molecule has 2 unspecified atom stereocenters. The van der Waals surface area contributed by atoms with Crippen molar-refractivity contribution in [1.29, 1.82) is 0 Å². The predicted octanol–water partition coefficient (Wildman–Crippen LogP) is 4.69. The second-order valence-electron chi connectivity index (χ2n) is 8.37. The highest BCUT2D eigenvalue weighted by atomic mass is 16.5. The summed E-state index contributed by atoms with van der Waals surface area (Å²) >= 11 is 0. The van der Waals surface area contributed by atoms with Crippen molar-refractivity contribution in [3.05, 3.63) is 72.7 Å². The number of nitrogens with zero attached hydrogens (tertiary/aromatic N) is 3. The summed E-state index contributed by atoms with van der Waals surface area (Å²) in [5, 5.41) is 2.85. The van der Waals surface area contributed by atoms with Gasteiger partial charge in [-0.1, -0.05) is 6.07 Å². The molecule has 1 fully saturated rings. The maximum Gasteiger partial charge on any atom is 0.260 e. The van der Waals surface area contributed by atoms with Gasteiger partial charge >= 0.3 is 0 Å². The Balaban J connectivity index is 1.32. The Hall–Kier alpha value is -3.94. The smallest absolute Gasteiger partial charge is 0.260 e. The third kappa shape index (κ3) is 5.89. The van der Waals surface area contributed by atoms with E-state index in [1.807, 2.05) is 4.90 Å². The van der Waals surface area contributed by atoms with E-state index in [-0.39, 0.29) is 30.5 Å². The van der Waals surface area contributed by atoms with Gasteiger partial charge in [0.2, 0.25) is 5.88 Å². The standard InChI is InChI=1S/C26H28N4O4/c1-18-5-3-6-19(2)30(18)25(31)17-33-22-11-9-20(10-12-22)26(32)29-21-7-4-8-23(15-21)34-24-16-27-13-14-28-24/h4,7-16,18-19H,3,5-6,17H2,1-2H3,(H,29,32). The molecule has 2 atom stereocenters. The Labute approximate surface area is 198 Å². The van der Waals surface area contributed by atoms with Crippen LogP contribution in [0.1, 0.15) is 43.5 Å². The first-order valence-electron chi connectivity index (χ1n) is 11.4. The summed E-state index contributed by atoms with van der Waals surface area (Å²) < 4.78 is 11.3. The van der Waals surface area contributed by atoms with Crippen molar-refractivity contribution in [1.82, 2.24) is 14.9 Å². The highest BCUT2D eigenvalue weighted by molar-refractivity contribution is 6.04. The number of likely N-dealkylation sites (tertiary alicyclic amines) is 1. The molecule has 1 saturated heterocycles. The van der Waals surface area contributed by atoms with E-state index >= 15 is 0 Å². The lowest BCUT2D eigenvalue weighted by Crippen LogP contribution is -2.49. The number of rotatable bonds is 7. The quantitative estimate of drug-likeness (QED) is 0.550. The molecule has 34 heavy (non-hydrogen) atoms. The average molecular weight is 461 g/mol. The van der Waals surface area contributed by atoms with E-state index in [4.69, 9.17) is 9.47 Å². The van der Waals surface area contributed by atoms with E-state index in [0.29, 0.717) is 28.6 Å². The van der Waals surface area contributed by atoms with Crippen LogP contribution in [0.4, 0.5) is 5.69 Å². The molecule has 8 nitrogen and oxygen atoms in total. The molecule has 3 aromatic rings. The molecule has 8 heteroatoms. The molecular weight excluding hydrogens is 432 g/mol. The van der Waals surface area contributed by atoms with Crippen LogP contribution >= 0.6 is 0 Å². The number of carbonyl (C=O) groups is 2. The first kappa shape index (κ1) is 23.2. The van der Waals surface area contributed by atoms with Crippen LogP contribution < -0.4 is 14.8 Å². The first-order valence-corrected chi connectivity index (χ1v) is 11.4. The van der Waals surface area contributed by atoms with Crippen molar-refractivity contribution in [2.45, 2.75) is 45.2 Å². The summed E-state index contributed by atoms with van der Waals surface area (Å²) in [4.78, 5) is 35.3. The molecule has 0 radical (unpaired) electrons. The molecule has 2 amide bonds. The van der Waals surface area contributed by atoms with Crippen molar-refractivity contribution in [2.24, 2.45) is 0 Å². The zero-order chi connectivity index (χ0) is 23.9. The summed E-state index contributed by atoms with van der Waals surface area (Å²) in [7, 11) is 0. The van der Waals surface area contributed by atoms with Gasteiger partial charge in [0.1, 0.15) is 11.5 Å². The van der Waals surface area contributed by atoms with Gasteiger partial charge in [-0.15, -0.1) is 0 Å². The molecule has 0 spiro atoms. The Morgan fingerprint density at radius 3 is 2.50 bits per heavy atom. The molecule has 4 rings (SSSR count). The lowest BCUT2D eigenvalue weighted by atomic mass is 9.97. The molecule has 1 N–H and O–H groups in total. The van der Waals surface area contributed by atoms with E-state index in [2.05, 4.69) is 29.1 Å². The molecule has 2 heterocycles. The minimum absolute atomic E-state index is 0.00916. The van der Waals surface area contributed by atoms with Gasteiger partial charge in [-0.05, 0) is 69.5 Å². The first-order chi connectivity index (χ1) is 16.5. The Kier molecular flexibility index (Phi) is 7.37. The highest BCUT2D eigenvalue weighted by Crippen LogP contribution is 2.24. The third-order valence-corrected chi connectivity index (χ3v) is 5.81. The fourth-order valence-electron chi connectivity index (χ4n) is 4.13. The average Bonchev–Trinajstić information content (AvgIpc) is 2.84. The number of hydrogen-bond acceptors (Lipinski definition) is 6. The molecule has 0 saturated carbocycles. The van der Waals surface area contributed by atoms with E-state index < -0.39 is 0 Å². The van der Waals surface area contributed by atoms with Crippen LogP contribution in [0.5, 0.6) is 17.4 Å². The van der Waals surface area contributed by atoms with Crippen molar-refractivity contribution < 1.29 is 19.1 Å². The van der Waals surface area contributed by atoms with Crippen LogP contribution in [-0.4, -0.2) is 45.4 Å². The maximum absolute atomic E-state index is 12.7. The van der Waals surface area contributed by atoms with Crippen LogP contribution in [0.15, 0.2) is 67.1 Å². The number of piperidine rings is 1. The summed E-state index contributed by atoms with van der Waals surface area (Å²) in [5.74, 6) is 1.16. The number of aromatic nitrogens is 2. The molecular formula is C26H28N4O4. The molecule has 1 aromatic heterocycles. The number of nitrogens with one attached hydrogen (secondary N) is 1. The van der Waals surface area contributed by atoms with Gasteiger partial charge in [0.15, 0.2) is 6.61 Å². The second kappa shape index (κ2) is 10.8. The topological polar surface area (TPSA) is 93.7 Å². The SMILES string of the molecule is CC1CCCC(C)N1C(=O)COc1ccc(C(=O)Nc2cccc(Oc3cnccn3)c2)cc1. The fourth-order valence-corrected chi connectivity index (χ4v) is 4.13. The van der Waals surface area contributed by atoms with Crippen LogP contribution in [0, 0.1) is 0 Å². The molecule has 1 aliphatic rings. The molecule has 176 valence electrons. The van der Waals surface area contributed by atoms with Crippen molar-refractivity contribution in [2.75, 3.05) is 11.9 Å². The van der Waals surface area contributed by atoms with E-state index in [9.17, 15) is 9.59 Å². The number of anilines is 1. The Morgan fingerprint density at radius 2 is 1.79 bits per heavy atom. The third-order valence-electron chi connectivity index (χ3n) is 5.81. The van der Waals surface area contributed by atoms with Gasteiger partial charge in [0.25, 0.3) is 11.8 Å². The Bertz CT molecular complexity index is 1110. The summed E-state index contributed by atoms with van der Waals surface area (Å²) in [6, 6.07) is 14.2. The zero-order valence-corrected chi connectivity index (χ0v) is 19.3. The highest BCUT2D eigenvalue weighted by Gasteiger charge is 2.28. The Morgan fingerprint density at radius 1 is 1.03 bits per heavy atom. The van der Waals surface area contributed by atoms with Crippen molar-refractivity contribution in [3.63, 3.8) is 0 Å². The second-order valence-corrected chi connectivity index (χ2v) is 8.37. The van der Waals surface area contributed by atoms with Crippen LogP contribution in [-0.2, 0) is 4.79 Å². The number of benzene rings is 2. The molecule has 1 aliphatic heterocycles. The van der Waals surface area contributed by atoms with Gasteiger partial charge in [-0.25, -0.2) is 4.98 Å². The maximum atomic E-state index is 12.7.